The Hall–Kier alpha value is 0.0400. The molecule has 0 aliphatic heterocycles. The first-order chi connectivity index (χ1) is 9.75. The third kappa shape index (κ3) is 3.21. The van der Waals surface area contributed by atoms with Crippen LogP contribution >= 0.6 is 69.6 Å². The number of benzene rings is 2. The van der Waals surface area contributed by atoms with Crippen molar-refractivity contribution in [2.45, 2.75) is 6.43 Å². The highest BCUT2D eigenvalue weighted by molar-refractivity contribution is 6.56. The molecule has 2 rings (SSSR count). The highest BCUT2D eigenvalue weighted by Gasteiger charge is 2.22. The molecule has 0 aromatic heterocycles. The quantitative estimate of drug-likeness (QED) is 0.345. The molecule has 112 valence electrons. The summed E-state index contributed by atoms with van der Waals surface area (Å²) in [6.45, 7) is 0. The molecule has 0 nitrogen and oxygen atoms in total. The van der Waals surface area contributed by atoms with Gasteiger partial charge in [-0.3, -0.25) is 0 Å². The van der Waals surface area contributed by atoms with Crippen molar-refractivity contribution in [1.29, 1.82) is 0 Å². The van der Waals surface area contributed by atoms with Gasteiger partial charge in [0.25, 0.3) is 6.43 Å². The van der Waals surface area contributed by atoms with Gasteiger partial charge in [0.05, 0.1) is 25.1 Å². The molecule has 0 saturated heterocycles. The summed E-state index contributed by atoms with van der Waals surface area (Å²) >= 11 is 36.1. The lowest BCUT2D eigenvalue weighted by Crippen LogP contribution is -1.90. The molecule has 0 bridgehead atoms. The van der Waals surface area contributed by atoms with E-state index in [1.165, 1.54) is 12.1 Å². The zero-order chi connectivity index (χ0) is 15.9. The maximum atomic E-state index is 12.7. The molecule has 0 aliphatic carbocycles. The Morgan fingerprint density at radius 3 is 1.62 bits per heavy atom. The number of halogens is 8. The van der Waals surface area contributed by atoms with Crippen LogP contribution in [0.5, 0.6) is 0 Å². The first kappa shape index (κ1) is 17.4. The van der Waals surface area contributed by atoms with Crippen LogP contribution in [0.1, 0.15) is 12.0 Å². The van der Waals surface area contributed by atoms with E-state index in [9.17, 15) is 8.78 Å². The molecule has 0 saturated carbocycles. The van der Waals surface area contributed by atoms with E-state index in [0.29, 0.717) is 5.56 Å². The molecule has 0 unspecified atom stereocenters. The van der Waals surface area contributed by atoms with Crippen molar-refractivity contribution >= 4 is 69.6 Å². The summed E-state index contributed by atoms with van der Waals surface area (Å²) in [6, 6.07) is 3.72. The van der Waals surface area contributed by atoms with E-state index in [-0.39, 0.29) is 41.3 Å². The lowest BCUT2D eigenvalue weighted by atomic mass is 10.0. The van der Waals surface area contributed by atoms with Crippen molar-refractivity contribution in [3.63, 3.8) is 0 Å². The van der Waals surface area contributed by atoms with Gasteiger partial charge in [0.2, 0.25) is 0 Å². The topological polar surface area (TPSA) is 0 Å². The summed E-state index contributed by atoms with van der Waals surface area (Å²) in [5.41, 5.74) is 0.349. The summed E-state index contributed by atoms with van der Waals surface area (Å²) in [6.07, 6.45) is -2.64. The maximum Gasteiger partial charge on any atom is 0.263 e. The number of hydrogen-bond donors (Lipinski definition) is 0. The van der Waals surface area contributed by atoms with Crippen LogP contribution in [0, 0.1) is 0 Å². The fraction of sp³-hybridized carbons (Fsp3) is 0.0769. The van der Waals surface area contributed by atoms with Crippen molar-refractivity contribution in [2.24, 2.45) is 0 Å². The SMILES string of the molecule is FC(F)c1ccc(-c2c(Cl)c(Cl)c(Cl)c(Cl)c2Cl)c(Cl)c1. The van der Waals surface area contributed by atoms with Gasteiger partial charge in [-0.25, -0.2) is 8.78 Å². The van der Waals surface area contributed by atoms with Gasteiger partial charge < -0.3 is 0 Å². The summed E-state index contributed by atoms with van der Waals surface area (Å²) in [5.74, 6) is 0. The zero-order valence-corrected chi connectivity index (χ0v) is 14.4. The minimum atomic E-state index is -2.64. The Kier molecular flexibility index (Phi) is 5.51. The molecule has 0 N–H and O–H groups in total. The van der Waals surface area contributed by atoms with Crippen LogP contribution in [0.3, 0.4) is 0 Å². The van der Waals surface area contributed by atoms with Crippen LogP contribution in [-0.2, 0) is 0 Å². The van der Waals surface area contributed by atoms with Gasteiger partial charge in [0, 0.05) is 21.7 Å². The molecule has 2 aromatic carbocycles. The molecule has 0 fully saturated rings. The Bertz CT molecular complexity index is 685. The van der Waals surface area contributed by atoms with Gasteiger partial charge in [-0.05, 0) is 6.07 Å². The van der Waals surface area contributed by atoms with E-state index in [2.05, 4.69) is 0 Å². The van der Waals surface area contributed by atoms with Crippen LogP contribution in [-0.4, -0.2) is 0 Å². The molecule has 0 amide bonds. The van der Waals surface area contributed by atoms with Crippen molar-refractivity contribution in [3.05, 3.63) is 53.9 Å². The molecular formula is C13H4Cl6F2. The van der Waals surface area contributed by atoms with E-state index in [4.69, 9.17) is 69.6 Å². The van der Waals surface area contributed by atoms with Gasteiger partial charge in [0.15, 0.2) is 0 Å². The predicted octanol–water partition coefficient (Wildman–Crippen LogP) is 8.21. The molecule has 0 spiro atoms. The van der Waals surface area contributed by atoms with Crippen LogP contribution < -0.4 is 0 Å². The fourth-order valence-electron chi connectivity index (χ4n) is 1.71. The number of alkyl halides is 2. The summed E-state index contributed by atoms with van der Waals surface area (Å²) in [7, 11) is 0. The first-order valence-corrected chi connectivity index (χ1v) is 7.61. The number of rotatable bonds is 2. The smallest absolute Gasteiger partial charge is 0.205 e. The molecule has 0 aliphatic rings. The summed E-state index contributed by atoms with van der Waals surface area (Å²) in [4.78, 5) is 0. The van der Waals surface area contributed by atoms with Crippen LogP contribution in [0.2, 0.25) is 30.1 Å². The second kappa shape index (κ2) is 6.66. The van der Waals surface area contributed by atoms with Crippen molar-refractivity contribution in [3.8, 4) is 11.1 Å². The molecule has 0 radical (unpaired) electrons. The maximum absolute atomic E-state index is 12.7. The lowest BCUT2D eigenvalue weighted by Gasteiger charge is -2.14. The lowest BCUT2D eigenvalue weighted by molar-refractivity contribution is 0.151. The fourth-order valence-corrected chi connectivity index (χ4v) is 3.34. The van der Waals surface area contributed by atoms with Crippen LogP contribution in [0.25, 0.3) is 11.1 Å². The minimum Gasteiger partial charge on any atom is -0.205 e. The van der Waals surface area contributed by atoms with E-state index in [1.807, 2.05) is 0 Å². The highest BCUT2D eigenvalue weighted by atomic mass is 35.5. The van der Waals surface area contributed by atoms with Crippen LogP contribution in [0.15, 0.2) is 18.2 Å². The standard InChI is InChI=1S/C13H4Cl6F2/c14-6-3-4(13(20)21)1-2-5(6)7-8(15)10(17)12(19)11(18)9(7)16/h1-3,13H. The predicted molar refractivity (Wildman–Crippen MR) is 86.9 cm³/mol. The van der Waals surface area contributed by atoms with E-state index in [1.54, 1.807) is 0 Å². The van der Waals surface area contributed by atoms with Gasteiger partial charge >= 0.3 is 0 Å². The molecule has 21 heavy (non-hydrogen) atoms. The average Bonchev–Trinajstić information content (AvgIpc) is 2.44. The Labute approximate surface area is 149 Å². The molecular weight excluding hydrogens is 407 g/mol. The monoisotopic (exact) mass is 408 g/mol. The van der Waals surface area contributed by atoms with E-state index < -0.39 is 6.43 Å². The van der Waals surface area contributed by atoms with Gasteiger partial charge in [0.1, 0.15) is 0 Å². The Morgan fingerprint density at radius 2 is 1.19 bits per heavy atom. The molecule has 0 heterocycles. The largest absolute Gasteiger partial charge is 0.263 e. The summed E-state index contributed by atoms with van der Waals surface area (Å²) in [5, 5.41) is 0.169. The molecule has 0 atom stereocenters. The zero-order valence-electron chi connectivity index (χ0n) is 9.83. The van der Waals surface area contributed by atoms with Gasteiger partial charge in [-0.15, -0.1) is 0 Å². The van der Waals surface area contributed by atoms with E-state index >= 15 is 0 Å². The molecule has 8 heteroatoms. The van der Waals surface area contributed by atoms with Gasteiger partial charge in [-0.2, -0.15) is 0 Å². The third-order valence-corrected chi connectivity index (χ3v) is 5.31. The van der Waals surface area contributed by atoms with Crippen molar-refractivity contribution in [1.82, 2.24) is 0 Å². The summed E-state index contributed by atoms with van der Waals surface area (Å²) < 4.78 is 25.3. The van der Waals surface area contributed by atoms with Gasteiger partial charge in [-0.1, -0.05) is 81.7 Å². The normalized spacial score (nSPS) is 11.3. The van der Waals surface area contributed by atoms with Crippen LogP contribution in [0.4, 0.5) is 8.78 Å². The number of hydrogen-bond acceptors (Lipinski definition) is 0. The first-order valence-electron chi connectivity index (χ1n) is 5.35. The second-order valence-corrected chi connectivity index (χ2v) is 6.28. The Morgan fingerprint density at radius 1 is 0.714 bits per heavy atom. The Balaban J connectivity index is 2.74. The highest BCUT2D eigenvalue weighted by Crippen LogP contribution is 2.49. The van der Waals surface area contributed by atoms with Crippen molar-refractivity contribution in [2.75, 3.05) is 0 Å². The minimum absolute atomic E-state index is 0.0109. The third-order valence-electron chi connectivity index (χ3n) is 2.72. The van der Waals surface area contributed by atoms with E-state index in [0.717, 1.165) is 6.07 Å². The van der Waals surface area contributed by atoms with Crippen molar-refractivity contribution < 1.29 is 8.78 Å². The second-order valence-electron chi connectivity index (χ2n) is 3.98. The molecule has 2 aromatic rings. The average molecular weight is 411 g/mol.